The van der Waals surface area contributed by atoms with Gasteiger partial charge in [0.1, 0.15) is 0 Å². The Balaban J connectivity index is 2.14. The van der Waals surface area contributed by atoms with Gasteiger partial charge in [-0.3, -0.25) is 14.4 Å². The topological polar surface area (TPSA) is 109 Å². The molecule has 6 heteroatoms. The summed E-state index contributed by atoms with van der Waals surface area (Å²) < 4.78 is 0. The number of nitrogens with two attached hydrogens (primary N) is 1. The van der Waals surface area contributed by atoms with E-state index in [0.29, 0.717) is 45.1 Å². The largest absolute Gasteiger partial charge is 0.481 e. The summed E-state index contributed by atoms with van der Waals surface area (Å²) in [7, 11) is 0. The van der Waals surface area contributed by atoms with E-state index in [2.05, 4.69) is 5.32 Å². The maximum Gasteiger partial charge on any atom is 0.306 e. The van der Waals surface area contributed by atoms with Gasteiger partial charge in [-0.25, -0.2) is 0 Å². The first-order valence-corrected chi connectivity index (χ1v) is 6.79. The fourth-order valence-electron chi connectivity index (χ4n) is 2.38. The number of hydrogen-bond acceptors (Lipinski definition) is 3. The van der Waals surface area contributed by atoms with Gasteiger partial charge >= 0.3 is 5.97 Å². The van der Waals surface area contributed by atoms with Crippen LogP contribution >= 0.6 is 0 Å². The van der Waals surface area contributed by atoms with E-state index < -0.39 is 5.97 Å². The lowest BCUT2D eigenvalue weighted by Gasteiger charge is -2.25. The number of rotatable bonds is 7. The van der Waals surface area contributed by atoms with Crippen molar-refractivity contribution in [2.75, 3.05) is 6.54 Å². The number of carbonyl (C=O) groups excluding carboxylic acids is 2. The fourth-order valence-corrected chi connectivity index (χ4v) is 2.38. The molecule has 1 aliphatic rings. The van der Waals surface area contributed by atoms with Crippen LogP contribution in [0.15, 0.2) is 0 Å². The van der Waals surface area contributed by atoms with E-state index in [-0.39, 0.29) is 23.7 Å². The van der Waals surface area contributed by atoms with Crippen molar-refractivity contribution in [1.29, 1.82) is 0 Å². The van der Waals surface area contributed by atoms with E-state index in [1.54, 1.807) is 0 Å². The van der Waals surface area contributed by atoms with Crippen molar-refractivity contribution in [3.8, 4) is 0 Å². The van der Waals surface area contributed by atoms with Crippen LogP contribution in [-0.4, -0.2) is 29.4 Å². The van der Waals surface area contributed by atoms with Crippen molar-refractivity contribution in [2.24, 2.45) is 17.6 Å². The second-order valence-corrected chi connectivity index (χ2v) is 5.10. The van der Waals surface area contributed by atoms with Gasteiger partial charge in [0, 0.05) is 18.9 Å². The minimum atomic E-state index is -0.759. The van der Waals surface area contributed by atoms with Crippen LogP contribution in [0.4, 0.5) is 0 Å². The molecule has 0 aliphatic heterocycles. The molecule has 1 rings (SSSR count). The van der Waals surface area contributed by atoms with Crippen LogP contribution in [0.25, 0.3) is 0 Å². The molecule has 0 aromatic rings. The van der Waals surface area contributed by atoms with Gasteiger partial charge in [0.25, 0.3) is 0 Å². The maximum absolute atomic E-state index is 11.8. The molecule has 4 N–H and O–H groups in total. The van der Waals surface area contributed by atoms with Gasteiger partial charge in [0.05, 0.1) is 5.92 Å². The van der Waals surface area contributed by atoms with Crippen molar-refractivity contribution < 1.29 is 19.5 Å². The van der Waals surface area contributed by atoms with E-state index in [1.807, 2.05) is 0 Å². The van der Waals surface area contributed by atoms with Gasteiger partial charge in [-0.1, -0.05) is 0 Å². The number of unbranched alkanes of at least 4 members (excludes halogenated alkanes) is 1. The smallest absolute Gasteiger partial charge is 0.306 e. The molecule has 108 valence electrons. The highest BCUT2D eigenvalue weighted by Gasteiger charge is 2.29. The Bertz CT molecular complexity index is 336. The van der Waals surface area contributed by atoms with Crippen LogP contribution in [0.5, 0.6) is 0 Å². The zero-order valence-corrected chi connectivity index (χ0v) is 11.1. The lowest BCUT2D eigenvalue weighted by molar-refractivity contribution is -0.144. The quantitative estimate of drug-likeness (QED) is 0.590. The third-order valence-electron chi connectivity index (χ3n) is 3.60. The molecule has 0 heterocycles. The zero-order chi connectivity index (χ0) is 14.3. The summed E-state index contributed by atoms with van der Waals surface area (Å²) in [4.78, 5) is 33.1. The predicted octanol–water partition coefficient (Wildman–Crippen LogP) is 0.649. The Morgan fingerprint density at radius 1 is 1.05 bits per heavy atom. The molecule has 1 aliphatic carbocycles. The van der Waals surface area contributed by atoms with Crippen molar-refractivity contribution in [3.63, 3.8) is 0 Å². The Kier molecular flexibility index (Phi) is 6.32. The molecule has 0 unspecified atom stereocenters. The number of hydrogen-bond donors (Lipinski definition) is 3. The number of carboxylic acid groups (broad SMARTS) is 1. The number of nitrogens with one attached hydrogen (secondary N) is 1. The van der Waals surface area contributed by atoms with Crippen molar-refractivity contribution in [2.45, 2.75) is 44.9 Å². The summed E-state index contributed by atoms with van der Waals surface area (Å²) in [5.41, 5.74) is 5.01. The standard InChI is InChI=1S/C13H22N2O4/c14-11(16)3-1-2-8-15-12(17)9-4-6-10(7-5-9)13(18)19/h9-10H,1-8H2,(H2,14,16)(H,15,17)(H,18,19). The lowest BCUT2D eigenvalue weighted by Crippen LogP contribution is -2.34. The van der Waals surface area contributed by atoms with E-state index in [0.717, 1.165) is 6.42 Å². The minimum absolute atomic E-state index is 0.00270. The van der Waals surface area contributed by atoms with Gasteiger partial charge in [0.15, 0.2) is 0 Å². The first-order valence-electron chi connectivity index (χ1n) is 6.79. The number of carboxylic acids is 1. The number of primary amides is 1. The highest BCUT2D eigenvalue weighted by Crippen LogP contribution is 2.28. The number of carbonyl (C=O) groups is 3. The molecule has 6 nitrogen and oxygen atoms in total. The van der Waals surface area contributed by atoms with Crippen LogP contribution in [0, 0.1) is 11.8 Å². The Labute approximate surface area is 112 Å². The van der Waals surface area contributed by atoms with Crippen LogP contribution in [0.3, 0.4) is 0 Å². The molecule has 19 heavy (non-hydrogen) atoms. The fraction of sp³-hybridized carbons (Fsp3) is 0.769. The van der Waals surface area contributed by atoms with Gasteiger partial charge in [0.2, 0.25) is 11.8 Å². The molecule has 0 aromatic heterocycles. The highest BCUT2D eigenvalue weighted by atomic mass is 16.4. The molecule has 0 radical (unpaired) electrons. The molecule has 0 atom stereocenters. The highest BCUT2D eigenvalue weighted by molar-refractivity contribution is 5.79. The molecule has 0 bridgehead atoms. The summed E-state index contributed by atoms with van der Waals surface area (Å²) in [6.07, 6.45) is 4.21. The first kappa shape index (κ1) is 15.5. The van der Waals surface area contributed by atoms with Crippen LogP contribution in [-0.2, 0) is 14.4 Å². The summed E-state index contributed by atoms with van der Waals surface area (Å²) in [6.45, 7) is 0.547. The molecule has 2 amide bonds. The molecule has 1 saturated carbocycles. The Hall–Kier alpha value is -1.59. The van der Waals surface area contributed by atoms with E-state index in [9.17, 15) is 14.4 Å². The minimum Gasteiger partial charge on any atom is -0.481 e. The van der Waals surface area contributed by atoms with Gasteiger partial charge in [-0.2, -0.15) is 0 Å². The molecular weight excluding hydrogens is 248 g/mol. The summed E-state index contributed by atoms with van der Waals surface area (Å²) in [6, 6.07) is 0. The average Bonchev–Trinajstić information content (AvgIpc) is 2.37. The van der Waals surface area contributed by atoms with Crippen LogP contribution < -0.4 is 11.1 Å². The van der Waals surface area contributed by atoms with Crippen LogP contribution in [0.2, 0.25) is 0 Å². The van der Waals surface area contributed by atoms with Crippen molar-refractivity contribution >= 4 is 17.8 Å². The second-order valence-electron chi connectivity index (χ2n) is 5.10. The number of aliphatic carboxylic acids is 1. The monoisotopic (exact) mass is 270 g/mol. The lowest BCUT2D eigenvalue weighted by atomic mass is 9.81. The van der Waals surface area contributed by atoms with E-state index in [1.165, 1.54) is 0 Å². The molecular formula is C13H22N2O4. The van der Waals surface area contributed by atoms with E-state index in [4.69, 9.17) is 10.8 Å². The summed E-state index contributed by atoms with van der Waals surface area (Å²) >= 11 is 0. The van der Waals surface area contributed by atoms with Crippen LogP contribution in [0.1, 0.15) is 44.9 Å². The zero-order valence-electron chi connectivity index (χ0n) is 11.1. The van der Waals surface area contributed by atoms with Gasteiger partial charge in [-0.05, 0) is 38.5 Å². The number of amides is 2. The van der Waals surface area contributed by atoms with Crippen molar-refractivity contribution in [1.82, 2.24) is 5.32 Å². The predicted molar refractivity (Wildman–Crippen MR) is 69.1 cm³/mol. The average molecular weight is 270 g/mol. The first-order chi connectivity index (χ1) is 9.00. The maximum atomic E-state index is 11.8. The Morgan fingerprint density at radius 3 is 2.16 bits per heavy atom. The Morgan fingerprint density at radius 2 is 1.63 bits per heavy atom. The van der Waals surface area contributed by atoms with Gasteiger partial charge < -0.3 is 16.2 Å². The molecule has 1 fully saturated rings. The SMILES string of the molecule is NC(=O)CCCCNC(=O)C1CCC(C(=O)O)CC1. The second kappa shape index (κ2) is 7.76. The van der Waals surface area contributed by atoms with E-state index >= 15 is 0 Å². The summed E-state index contributed by atoms with van der Waals surface area (Å²) in [5, 5.41) is 11.7. The normalized spacial score (nSPS) is 22.7. The molecule has 0 aromatic carbocycles. The molecule has 0 spiro atoms. The third kappa shape index (κ3) is 5.72. The van der Waals surface area contributed by atoms with Crippen molar-refractivity contribution in [3.05, 3.63) is 0 Å². The third-order valence-corrected chi connectivity index (χ3v) is 3.60. The molecule has 0 saturated heterocycles. The summed E-state index contributed by atoms with van der Waals surface area (Å²) in [5.74, 6) is -1.43. The van der Waals surface area contributed by atoms with Gasteiger partial charge in [-0.15, -0.1) is 0 Å².